The smallest absolute Gasteiger partial charge is 0.269 e. The number of hydrazine groups is 1. The Morgan fingerprint density at radius 2 is 1.75 bits per heavy atom. The van der Waals surface area contributed by atoms with E-state index < -0.39 is 0 Å². The van der Waals surface area contributed by atoms with Crippen molar-refractivity contribution in [2.24, 2.45) is 7.05 Å². The summed E-state index contributed by atoms with van der Waals surface area (Å²) in [5, 5.41) is 0.541. The van der Waals surface area contributed by atoms with Crippen molar-refractivity contribution in [3.8, 4) is 0 Å². The average molecular weight is 378 g/mol. The zero-order valence-corrected chi connectivity index (χ0v) is 15.9. The van der Waals surface area contributed by atoms with E-state index in [2.05, 4.69) is 15.8 Å². The maximum absolute atomic E-state index is 12.4. The number of para-hydroxylation sites is 1. The predicted octanol–water partition coefficient (Wildman–Crippen LogP) is 1.89. The Morgan fingerprint density at radius 3 is 2.46 bits per heavy atom. The molecule has 3 aromatic rings. The van der Waals surface area contributed by atoms with Crippen LogP contribution in [-0.4, -0.2) is 21.4 Å². The molecule has 7 nitrogen and oxygen atoms in total. The first-order valence-corrected chi connectivity index (χ1v) is 9.12. The predicted molar refractivity (Wildman–Crippen MR) is 107 cm³/mol. The molecule has 0 aliphatic carbocycles. The number of amides is 2. The molecule has 3 rings (SSSR count). The lowest BCUT2D eigenvalue weighted by Crippen LogP contribution is -2.41. The maximum atomic E-state index is 12.4. The number of nitrogens with zero attached hydrogens (tertiary/aromatic N) is 2. The summed E-state index contributed by atoms with van der Waals surface area (Å²) in [7, 11) is 1.64. The minimum absolute atomic E-state index is 0.0909. The summed E-state index contributed by atoms with van der Waals surface area (Å²) in [4.78, 5) is 41.0. The molecule has 144 valence electrons. The zero-order valence-electron chi connectivity index (χ0n) is 15.9. The quantitative estimate of drug-likeness (QED) is 0.663. The fourth-order valence-corrected chi connectivity index (χ4v) is 2.87. The molecule has 0 saturated carbocycles. The molecular formula is C21H22N4O3. The summed E-state index contributed by atoms with van der Waals surface area (Å²) in [6, 6.07) is 14.3. The van der Waals surface area contributed by atoms with E-state index in [4.69, 9.17) is 0 Å². The van der Waals surface area contributed by atoms with Crippen LogP contribution in [0.1, 0.15) is 35.1 Å². The second-order valence-electron chi connectivity index (χ2n) is 6.46. The fraction of sp³-hybridized carbons (Fsp3) is 0.238. The number of nitrogens with one attached hydrogen (secondary N) is 2. The van der Waals surface area contributed by atoms with Crippen LogP contribution in [0.25, 0.3) is 10.9 Å². The van der Waals surface area contributed by atoms with Crippen LogP contribution in [0.4, 0.5) is 0 Å². The Morgan fingerprint density at radius 1 is 1.04 bits per heavy atom. The third kappa shape index (κ3) is 4.25. The van der Waals surface area contributed by atoms with Crippen molar-refractivity contribution in [3.05, 3.63) is 75.8 Å². The molecule has 0 bridgehead atoms. The van der Waals surface area contributed by atoms with E-state index in [0.717, 1.165) is 12.0 Å². The molecule has 28 heavy (non-hydrogen) atoms. The van der Waals surface area contributed by atoms with Gasteiger partial charge < -0.3 is 0 Å². The standard InChI is InChI=1S/C21H22N4O3/c1-3-14-8-10-15(11-9-14)20(27)24-23-19(26)13-12-18-22-17-7-5-4-6-16(17)21(28)25(18)2/h4-11H,3,12-13H2,1-2H3,(H,23,26)(H,24,27). The number of aryl methyl sites for hydroxylation is 2. The molecule has 0 atom stereocenters. The Hall–Kier alpha value is -3.48. The number of carbonyl (C=O) groups is 2. The van der Waals surface area contributed by atoms with Gasteiger partial charge in [0.2, 0.25) is 5.91 Å². The maximum Gasteiger partial charge on any atom is 0.269 e. The van der Waals surface area contributed by atoms with E-state index in [0.29, 0.717) is 22.3 Å². The molecule has 0 fully saturated rings. The first kappa shape index (κ1) is 19.3. The topological polar surface area (TPSA) is 93.1 Å². The summed E-state index contributed by atoms with van der Waals surface area (Å²) in [5.41, 5.74) is 6.85. The highest BCUT2D eigenvalue weighted by Gasteiger charge is 2.11. The van der Waals surface area contributed by atoms with Crippen LogP contribution in [0.3, 0.4) is 0 Å². The van der Waals surface area contributed by atoms with Gasteiger partial charge in [-0.3, -0.25) is 29.8 Å². The summed E-state index contributed by atoms with van der Waals surface area (Å²) in [5.74, 6) is -0.228. The van der Waals surface area contributed by atoms with Gasteiger partial charge in [0.25, 0.3) is 11.5 Å². The van der Waals surface area contributed by atoms with Crippen molar-refractivity contribution < 1.29 is 9.59 Å². The Bertz CT molecular complexity index is 1070. The molecule has 0 saturated heterocycles. The first-order chi connectivity index (χ1) is 13.5. The number of aromatic nitrogens is 2. The Kier molecular flexibility index (Phi) is 5.84. The van der Waals surface area contributed by atoms with Gasteiger partial charge in [-0.05, 0) is 36.2 Å². The van der Waals surface area contributed by atoms with Crippen LogP contribution >= 0.6 is 0 Å². The second kappa shape index (κ2) is 8.47. The summed E-state index contributed by atoms with van der Waals surface area (Å²) in [6.07, 6.45) is 1.26. The number of hydrogen-bond acceptors (Lipinski definition) is 4. The van der Waals surface area contributed by atoms with Crippen molar-refractivity contribution in [1.29, 1.82) is 0 Å². The number of carbonyl (C=O) groups excluding carboxylic acids is 2. The third-order valence-electron chi connectivity index (χ3n) is 4.59. The van der Waals surface area contributed by atoms with Crippen LogP contribution in [0.15, 0.2) is 53.3 Å². The van der Waals surface area contributed by atoms with Gasteiger partial charge in [0.05, 0.1) is 10.9 Å². The lowest BCUT2D eigenvalue weighted by atomic mass is 10.1. The number of benzene rings is 2. The Balaban J connectivity index is 1.58. The van der Waals surface area contributed by atoms with E-state index in [1.807, 2.05) is 25.1 Å². The van der Waals surface area contributed by atoms with Gasteiger partial charge >= 0.3 is 0 Å². The van der Waals surface area contributed by atoms with E-state index in [9.17, 15) is 14.4 Å². The van der Waals surface area contributed by atoms with Crippen molar-refractivity contribution in [2.45, 2.75) is 26.2 Å². The molecule has 0 unspecified atom stereocenters. The molecule has 7 heteroatoms. The normalized spacial score (nSPS) is 10.6. The highest BCUT2D eigenvalue weighted by Crippen LogP contribution is 2.08. The second-order valence-corrected chi connectivity index (χ2v) is 6.46. The minimum Gasteiger partial charge on any atom is -0.299 e. The van der Waals surface area contributed by atoms with Gasteiger partial charge in [-0.25, -0.2) is 4.98 Å². The van der Waals surface area contributed by atoms with Gasteiger partial charge in [0.1, 0.15) is 5.82 Å². The monoisotopic (exact) mass is 378 g/mol. The summed E-state index contributed by atoms with van der Waals surface area (Å²) < 4.78 is 1.45. The van der Waals surface area contributed by atoms with Gasteiger partial charge in [0.15, 0.2) is 0 Å². The lowest BCUT2D eigenvalue weighted by molar-refractivity contribution is -0.121. The van der Waals surface area contributed by atoms with Crippen LogP contribution in [0, 0.1) is 0 Å². The van der Waals surface area contributed by atoms with Crippen LogP contribution in [-0.2, 0) is 24.7 Å². The van der Waals surface area contributed by atoms with E-state index in [-0.39, 0.29) is 30.2 Å². The molecule has 0 aliphatic rings. The molecule has 0 radical (unpaired) electrons. The number of hydrogen-bond donors (Lipinski definition) is 2. The van der Waals surface area contributed by atoms with Crippen LogP contribution < -0.4 is 16.4 Å². The number of fused-ring (bicyclic) bond motifs is 1. The van der Waals surface area contributed by atoms with Gasteiger partial charge in [0, 0.05) is 25.5 Å². The third-order valence-corrected chi connectivity index (χ3v) is 4.59. The average Bonchev–Trinajstić information content (AvgIpc) is 2.73. The zero-order chi connectivity index (χ0) is 20.1. The molecule has 2 aromatic carbocycles. The molecule has 1 heterocycles. The number of rotatable bonds is 5. The molecular weight excluding hydrogens is 356 g/mol. The molecule has 0 aliphatic heterocycles. The molecule has 2 amide bonds. The van der Waals surface area contributed by atoms with Crippen molar-refractivity contribution in [3.63, 3.8) is 0 Å². The Labute approximate surface area is 162 Å². The highest BCUT2D eigenvalue weighted by molar-refractivity contribution is 5.95. The SMILES string of the molecule is CCc1ccc(C(=O)NNC(=O)CCc2nc3ccccc3c(=O)n2C)cc1. The van der Waals surface area contributed by atoms with Crippen molar-refractivity contribution >= 4 is 22.7 Å². The fourth-order valence-electron chi connectivity index (χ4n) is 2.87. The van der Waals surface area contributed by atoms with E-state index >= 15 is 0 Å². The van der Waals surface area contributed by atoms with E-state index in [1.165, 1.54) is 4.57 Å². The van der Waals surface area contributed by atoms with Gasteiger partial charge in [-0.2, -0.15) is 0 Å². The molecule has 2 N–H and O–H groups in total. The van der Waals surface area contributed by atoms with E-state index in [1.54, 1.807) is 37.4 Å². The largest absolute Gasteiger partial charge is 0.299 e. The lowest BCUT2D eigenvalue weighted by Gasteiger charge is -2.10. The summed E-state index contributed by atoms with van der Waals surface area (Å²) >= 11 is 0. The molecule has 1 aromatic heterocycles. The van der Waals surface area contributed by atoms with Gasteiger partial charge in [-0.1, -0.05) is 31.2 Å². The van der Waals surface area contributed by atoms with Crippen molar-refractivity contribution in [2.75, 3.05) is 0 Å². The van der Waals surface area contributed by atoms with Crippen molar-refractivity contribution in [1.82, 2.24) is 20.4 Å². The highest BCUT2D eigenvalue weighted by atomic mass is 16.2. The first-order valence-electron chi connectivity index (χ1n) is 9.12. The van der Waals surface area contributed by atoms with Crippen LogP contribution in [0.5, 0.6) is 0 Å². The minimum atomic E-state index is -0.382. The molecule has 0 spiro atoms. The summed E-state index contributed by atoms with van der Waals surface area (Å²) in [6.45, 7) is 2.04. The van der Waals surface area contributed by atoms with Crippen LogP contribution in [0.2, 0.25) is 0 Å². The van der Waals surface area contributed by atoms with Gasteiger partial charge in [-0.15, -0.1) is 0 Å².